The number of hydrogen-bond acceptors (Lipinski definition) is 2. The van der Waals surface area contributed by atoms with Crippen molar-refractivity contribution in [1.29, 1.82) is 0 Å². The van der Waals surface area contributed by atoms with Crippen molar-refractivity contribution in [3.63, 3.8) is 0 Å². The van der Waals surface area contributed by atoms with Gasteiger partial charge in [-0.05, 0) is 46.5 Å². The van der Waals surface area contributed by atoms with Crippen LogP contribution in [-0.4, -0.2) is 14.8 Å². The van der Waals surface area contributed by atoms with Crippen LogP contribution >= 0.6 is 27.5 Å². The molecule has 0 aliphatic rings. The minimum absolute atomic E-state index is 0.562. The van der Waals surface area contributed by atoms with Crippen molar-refractivity contribution in [3.8, 4) is 5.82 Å². The van der Waals surface area contributed by atoms with Crippen LogP contribution in [0.3, 0.4) is 0 Å². The first-order valence-corrected chi connectivity index (χ1v) is 6.59. The van der Waals surface area contributed by atoms with E-state index in [1.54, 1.807) is 10.9 Å². The van der Waals surface area contributed by atoms with E-state index in [0.717, 1.165) is 22.4 Å². The molecule has 2 heterocycles. The summed E-state index contributed by atoms with van der Waals surface area (Å²) in [6.45, 7) is 4.32. The van der Waals surface area contributed by atoms with E-state index in [1.165, 1.54) is 0 Å². The van der Waals surface area contributed by atoms with E-state index in [1.807, 2.05) is 18.2 Å². The molecule has 0 saturated heterocycles. The lowest BCUT2D eigenvalue weighted by molar-refractivity contribution is 0.627. The van der Waals surface area contributed by atoms with Gasteiger partial charge in [0.05, 0.1) is 5.69 Å². The maximum absolute atomic E-state index is 6.15. The Hall–Kier alpha value is -0.870. The average molecular weight is 315 g/mol. The molecule has 0 atom stereocenters. The van der Waals surface area contributed by atoms with Gasteiger partial charge in [-0.25, -0.2) is 9.67 Å². The van der Waals surface area contributed by atoms with Crippen molar-refractivity contribution >= 4 is 27.5 Å². The van der Waals surface area contributed by atoms with Gasteiger partial charge in [0.2, 0.25) is 0 Å². The van der Waals surface area contributed by atoms with Gasteiger partial charge in [-0.2, -0.15) is 5.10 Å². The second-order valence-electron chi connectivity index (χ2n) is 4.30. The summed E-state index contributed by atoms with van der Waals surface area (Å²) in [5.41, 5.74) is 0.995. The van der Waals surface area contributed by atoms with Crippen molar-refractivity contribution in [2.24, 2.45) is 5.92 Å². The predicted octanol–water partition coefficient (Wildman–Crippen LogP) is 3.88. The van der Waals surface area contributed by atoms with Gasteiger partial charge in [0.1, 0.15) is 5.15 Å². The third kappa shape index (κ3) is 3.07. The monoisotopic (exact) mass is 313 g/mol. The molecule has 0 saturated carbocycles. The number of rotatable bonds is 3. The Morgan fingerprint density at radius 2 is 2.18 bits per heavy atom. The largest absolute Gasteiger partial charge is 0.236 e. The minimum Gasteiger partial charge on any atom is -0.236 e. The van der Waals surface area contributed by atoms with Crippen LogP contribution in [0.5, 0.6) is 0 Å². The summed E-state index contributed by atoms with van der Waals surface area (Å²) in [5, 5.41) is 5.05. The molecule has 3 nitrogen and oxygen atoms in total. The van der Waals surface area contributed by atoms with E-state index in [2.05, 4.69) is 39.9 Å². The lowest BCUT2D eigenvalue weighted by Gasteiger charge is -2.02. The molecule has 2 rings (SSSR count). The lowest BCUT2D eigenvalue weighted by atomic mass is 10.1. The summed E-state index contributed by atoms with van der Waals surface area (Å²) in [6, 6.07) is 5.69. The van der Waals surface area contributed by atoms with Crippen LogP contribution in [-0.2, 0) is 6.42 Å². The topological polar surface area (TPSA) is 30.7 Å². The van der Waals surface area contributed by atoms with Crippen LogP contribution < -0.4 is 0 Å². The first-order valence-electron chi connectivity index (χ1n) is 5.42. The van der Waals surface area contributed by atoms with Gasteiger partial charge in [0.25, 0.3) is 0 Å². The first kappa shape index (κ1) is 12.6. The Morgan fingerprint density at radius 3 is 2.76 bits per heavy atom. The van der Waals surface area contributed by atoms with Gasteiger partial charge in [-0.1, -0.05) is 25.4 Å². The van der Waals surface area contributed by atoms with E-state index in [-0.39, 0.29) is 0 Å². The number of pyridine rings is 1. The zero-order valence-electron chi connectivity index (χ0n) is 9.69. The number of hydrogen-bond donors (Lipinski definition) is 0. The number of halogens is 2. The molecule has 0 aromatic carbocycles. The third-order valence-electron chi connectivity index (χ3n) is 2.26. The Morgan fingerprint density at radius 1 is 1.41 bits per heavy atom. The predicted molar refractivity (Wildman–Crippen MR) is 72.6 cm³/mol. The van der Waals surface area contributed by atoms with E-state index < -0.39 is 0 Å². The fraction of sp³-hybridized carbons (Fsp3) is 0.333. The van der Waals surface area contributed by atoms with Gasteiger partial charge in [-0.3, -0.25) is 0 Å². The van der Waals surface area contributed by atoms with Gasteiger partial charge < -0.3 is 0 Å². The van der Waals surface area contributed by atoms with Gasteiger partial charge in [-0.15, -0.1) is 0 Å². The molecule has 17 heavy (non-hydrogen) atoms. The maximum atomic E-state index is 6.15. The van der Waals surface area contributed by atoms with Crippen LogP contribution in [0.25, 0.3) is 5.82 Å². The van der Waals surface area contributed by atoms with E-state index in [4.69, 9.17) is 11.6 Å². The van der Waals surface area contributed by atoms with E-state index in [9.17, 15) is 0 Å². The molecule has 0 fully saturated rings. The number of nitrogens with zero attached hydrogens (tertiary/aromatic N) is 3. The average Bonchev–Trinajstić information content (AvgIpc) is 2.59. The molecule has 2 aromatic rings. The highest BCUT2D eigenvalue weighted by atomic mass is 79.9. The van der Waals surface area contributed by atoms with Gasteiger partial charge in [0, 0.05) is 10.7 Å². The van der Waals surface area contributed by atoms with Crippen LogP contribution in [0.2, 0.25) is 5.15 Å². The molecule has 0 unspecified atom stereocenters. The normalized spacial score (nSPS) is 11.1. The highest BCUT2D eigenvalue weighted by Gasteiger charge is 2.09. The summed E-state index contributed by atoms with van der Waals surface area (Å²) < 4.78 is 2.60. The Balaban J connectivity index is 2.32. The molecule has 2 aromatic heterocycles. The van der Waals surface area contributed by atoms with Crippen LogP contribution in [0, 0.1) is 5.92 Å². The highest BCUT2D eigenvalue weighted by molar-refractivity contribution is 9.10. The zero-order valence-corrected chi connectivity index (χ0v) is 12.0. The Labute approximate surface area is 114 Å². The van der Waals surface area contributed by atoms with Crippen molar-refractivity contribution in [2.75, 3.05) is 0 Å². The second-order valence-corrected chi connectivity index (χ2v) is 5.61. The van der Waals surface area contributed by atoms with Crippen molar-refractivity contribution in [1.82, 2.24) is 14.8 Å². The van der Waals surface area contributed by atoms with Crippen LogP contribution in [0.4, 0.5) is 0 Å². The molecule has 0 amide bonds. The Kier molecular flexibility index (Phi) is 3.84. The van der Waals surface area contributed by atoms with Crippen molar-refractivity contribution in [2.45, 2.75) is 20.3 Å². The first-order chi connectivity index (χ1) is 8.06. The molecule has 0 spiro atoms. The van der Waals surface area contributed by atoms with Crippen molar-refractivity contribution < 1.29 is 0 Å². The molecule has 0 radical (unpaired) electrons. The maximum Gasteiger partial charge on any atom is 0.155 e. The van der Waals surface area contributed by atoms with Crippen LogP contribution in [0.15, 0.2) is 28.9 Å². The fourth-order valence-electron chi connectivity index (χ4n) is 1.58. The molecule has 5 heteroatoms. The molecular weight excluding hydrogens is 302 g/mol. The summed E-state index contributed by atoms with van der Waals surface area (Å²) in [7, 11) is 0. The SMILES string of the molecule is CC(C)Cc1cc(Cl)n(-c2ccc(Br)cn2)n1. The zero-order chi connectivity index (χ0) is 12.4. The molecule has 90 valence electrons. The van der Waals surface area contributed by atoms with E-state index >= 15 is 0 Å². The standard InChI is InChI=1S/C12H13BrClN3/c1-8(2)5-10-6-11(14)17(16-10)12-4-3-9(13)7-15-12/h3-4,6-8H,5H2,1-2H3. The highest BCUT2D eigenvalue weighted by Crippen LogP contribution is 2.18. The molecule has 0 aliphatic heterocycles. The summed E-state index contributed by atoms with van der Waals surface area (Å²) in [4.78, 5) is 4.27. The second kappa shape index (κ2) is 5.19. The lowest BCUT2D eigenvalue weighted by Crippen LogP contribution is -2.01. The quantitative estimate of drug-likeness (QED) is 0.860. The minimum atomic E-state index is 0.562. The molecule has 0 bridgehead atoms. The molecule has 0 N–H and O–H groups in total. The van der Waals surface area contributed by atoms with Gasteiger partial charge >= 0.3 is 0 Å². The summed E-state index contributed by atoms with van der Waals surface area (Å²) in [6.07, 6.45) is 2.65. The fourth-order valence-corrected chi connectivity index (χ4v) is 2.06. The number of aromatic nitrogens is 3. The van der Waals surface area contributed by atoms with E-state index in [0.29, 0.717) is 11.1 Å². The molecular formula is C12H13BrClN3. The summed E-state index contributed by atoms with van der Waals surface area (Å²) >= 11 is 9.50. The third-order valence-corrected chi connectivity index (χ3v) is 3.00. The molecule has 0 aliphatic carbocycles. The van der Waals surface area contributed by atoms with Gasteiger partial charge in [0.15, 0.2) is 5.82 Å². The smallest absolute Gasteiger partial charge is 0.155 e. The van der Waals surface area contributed by atoms with Crippen molar-refractivity contribution in [3.05, 3.63) is 39.7 Å². The summed E-state index contributed by atoms with van der Waals surface area (Å²) in [5.74, 6) is 1.29. The van der Waals surface area contributed by atoms with Crippen LogP contribution in [0.1, 0.15) is 19.5 Å². The Bertz CT molecular complexity index is 505.